The largest absolute Gasteiger partial charge is 0.481 e. The number of carbonyl (C=O) groups is 1. The first-order chi connectivity index (χ1) is 8.66. The summed E-state index contributed by atoms with van der Waals surface area (Å²) in [5.74, 6) is -0.133. The first-order valence-electron chi connectivity index (χ1n) is 6.37. The van der Waals surface area contributed by atoms with Crippen LogP contribution in [0.2, 0.25) is 5.02 Å². The van der Waals surface area contributed by atoms with Gasteiger partial charge in [0.25, 0.3) is 0 Å². The Morgan fingerprint density at radius 2 is 2.06 bits per heavy atom. The molecule has 3 nitrogen and oxygen atoms in total. The zero-order valence-electron chi connectivity index (χ0n) is 10.2. The molecule has 1 fully saturated rings. The van der Waals surface area contributed by atoms with Crippen LogP contribution in [0.25, 0.3) is 0 Å². The fraction of sp³-hybridized carbons (Fsp3) is 0.500. The Balaban J connectivity index is 2.00. The van der Waals surface area contributed by atoms with Gasteiger partial charge in [-0.1, -0.05) is 30.2 Å². The lowest BCUT2D eigenvalue weighted by atomic mass is 9.77. The van der Waals surface area contributed by atoms with Gasteiger partial charge in [0, 0.05) is 17.6 Å². The highest BCUT2D eigenvalue weighted by Gasteiger charge is 2.28. The number of nitrogens with one attached hydrogen (secondary N) is 1. The highest BCUT2D eigenvalue weighted by molar-refractivity contribution is 6.30. The first kappa shape index (κ1) is 13.4. The number of carboxylic acid groups (broad SMARTS) is 1. The fourth-order valence-corrected chi connectivity index (χ4v) is 2.46. The van der Waals surface area contributed by atoms with Gasteiger partial charge >= 0.3 is 5.97 Å². The van der Waals surface area contributed by atoms with Crippen molar-refractivity contribution in [3.8, 4) is 0 Å². The van der Waals surface area contributed by atoms with E-state index >= 15 is 0 Å². The van der Waals surface area contributed by atoms with Crippen molar-refractivity contribution in [2.24, 2.45) is 5.92 Å². The van der Waals surface area contributed by atoms with Crippen LogP contribution in [0.15, 0.2) is 24.3 Å². The summed E-state index contributed by atoms with van der Waals surface area (Å²) < 4.78 is 0. The lowest BCUT2D eigenvalue weighted by Crippen LogP contribution is -2.33. The van der Waals surface area contributed by atoms with Crippen molar-refractivity contribution in [1.29, 1.82) is 0 Å². The summed E-state index contributed by atoms with van der Waals surface area (Å²) in [6.45, 7) is 0.513. The topological polar surface area (TPSA) is 49.3 Å². The number of rotatable bonds is 6. The molecule has 2 N–H and O–H groups in total. The molecule has 1 aliphatic carbocycles. The van der Waals surface area contributed by atoms with Crippen LogP contribution in [0.1, 0.15) is 37.3 Å². The predicted octanol–water partition coefficient (Wildman–Crippen LogP) is 3.25. The molecule has 1 atom stereocenters. The molecule has 0 saturated heterocycles. The summed E-state index contributed by atoms with van der Waals surface area (Å²) in [6, 6.07) is 8.09. The van der Waals surface area contributed by atoms with Gasteiger partial charge in [-0.2, -0.15) is 0 Å². The molecule has 18 heavy (non-hydrogen) atoms. The van der Waals surface area contributed by atoms with Crippen LogP contribution >= 0.6 is 11.6 Å². The molecular formula is C14H18ClNO2. The van der Waals surface area contributed by atoms with Gasteiger partial charge < -0.3 is 10.4 Å². The number of aliphatic carboxylic acids is 1. The van der Waals surface area contributed by atoms with Crippen molar-refractivity contribution < 1.29 is 9.90 Å². The van der Waals surface area contributed by atoms with Crippen LogP contribution in [0.3, 0.4) is 0 Å². The summed E-state index contributed by atoms with van der Waals surface area (Å²) >= 11 is 5.89. The minimum absolute atomic E-state index is 0.164. The smallest absolute Gasteiger partial charge is 0.304 e. The maximum atomic E-state index is 10.6. The van der Waals surface area contributed by atoms with E-state index in [0.29, 0.717) is 12.5 Å². The lowest BCUT2D eigenvalue weighted by molar-refractivity contribution is -0.136. The Hall–Kier alpha value is -1.06. The molecule has 98 valence electrons. The van der Waals surface area contributed by atoms with Crippen LogP contribution < -0.4 is 5.32 Å². The first-order valence-corrected chi connectivity index (χ1v) is 6.75. The van der Waals surface area contributed by atoms with Crippen molar-refractivity contribution in [3.63, 3.8) is 0 Å². The molecular weight excluding hydrogens is 250 g/mol. The molecule has 1 aliphatic rings. The molecule has 0 aromatic heterocycles. The second-order valence-electron chi connectivity index (χ2n) is 4.82. The van der Waals surface area contributed by atoms with Crippen molar-refractivity contribution in [3.05, 3.63) is 34.9 Å². The molecule has 0 heterocycles. The predicted molar refractivity (Wildman–Crippen MR) is 71.8 cm³/mol. The van der Waals surface area contributed by atoms with Crippen molar-refractivity contribution in [1.82, 2.24) is 5.32 Å². The second kappa shape index (κ2) is 6.21. The van der Waals surface area contributed by atoms with Gasteiger partial charge in [0.05, 0.1) is 6.42 Å². The Morgan fingerprint density at radius 1 is 1.39 bits per heavy atom. The molecule has 0 spiro atoms. The Bertz CT molecular complexity index is 401. The SMILES string of the molecule is O=C(O)CCNC(c1ccc(Cl)cc1)C1CCC1. The summed E-state index contributed by atoms with van der Waals surface area (Å²) in [6.07, 6.45) is 3.87. The van der Waals surface area contributed by atoms with Gasteiger partial charge in [-0.15, -0.1) is 0 Å². The molecule has 0 radical (unpaired) electrons. The van der Waals surface area contributed by atoms with E-state index < -0.39 is 5.97 Å². The van der Waals surface area contributed by atoms with Crippen LogP contribution in [0, 0.1) is 5.92 Å². The molecule has 0 bridgehead atoms. The molecule has 4 heteroatoms. The van der Waals surface area contributed by atoms with Gasteiger partial charge in [-0.05, 0) is 36.5 Å². The van der Waals surface area contributed by atoms with E-state index in [0.717, 1.165) is 5.02 Å². The maximum Gasteiger partial charge on any atom is 0.304 e. The van der Waals surface area contributed by atoms with E-state index in [-0.39, 0.29) is 12.5 Å². The fourth-order valence-electron chi connectivity index (χ4n) is 2.33. The van der Waals surface area contributed by atoms with Crippen molar-refractivity contribution in [2.75, 3.05) is 6.54 Å². The van der Waals surface area contributed by atoms with E-state index in [2.05, 4.69) is 5.32 Å². The van der Waals surface area contributed by atoms with Crippen molar-refractivity contribution >= 4 is 17.6 Å². The summed E-state index contributed by atoms with van der Waals surface area (Å²) in [5.41, 5.74) is 1.20. The number of carboxylic acids is 1. The second-order valence-corrected chi connectivity index (χ2v) is 5.25. The standard InChI is InChI=1S/C14H18ClNO2/c15-12-6-4-11(5-7-12)14(10-2-1-3-10)16-9-8-13(17)18/h4-7,10,14,16H,1-3,8-9H2,(H,17,18). The minimum Gasteiger partial charge on any atom is -0.481 e. The quantitative estimate of drug-likeness (QED) is 0.832. The zero-order chi connectivity index (χ0) is 13.0. The molecule has 1 aromatic rings. The minimum atomic E-state index is -0.758. The summed E-state index contributed by atoms with van der Waals surface area (Å²) in [4.78, 5) is 10.6. The van der Waals surface area contributed by atoms with E-state index in [1.807, 2.05) is 24.3 Å². The van der Waals surface area contributed by atoms with Gasteiger partial charge in [-0.3, -0.25) is 4.79 Å². The number of halogens is 1. The van der Waals surface area contributed by atoms with Crippen LogP contribution in [-0.4, -0.2) is 17.6 Å². The van der Waals surface area contributed by atoms with Gasteiger partial charge in [0.2, 0.25) is 0 Å². The number of benzene rings is 1. The highest BCUT2D eigenvalue weighted by atomic mass is 35.5. The highest BCUT2D eigenvalue weighted by Crippen LogP contribution is 2.37. The van der Waals surface area contributed by atoms with Gasteiger partial charge in [0.1, 0.15) is 0 Å². The Kier molecular flexibility index (Phi) is 4.61. The molecule has 1 aromatic carbocycles. The van der Waals surface area contributed by atoms with Crippen LogP contribution in [-0.2, 0) is 4.79 Å². The summed E-state index contributed by atoms with van der Waals surface area (Å²) in [7, 11) is 0. The van der Waals surface area contributed by atoms with Gasteiger partial charge in [-0.25, -0.2) is 0 Å². The lowest BCUT2D eigenvalue weighted by Gasteiger charge is -2.34. The van der Waals surface area contributed by atoms with Crippen LogP contribution in [0.5, 0.6) is 0 Å². The van der Waals surface area contributed by atoms with Gasteiger partial charge in [0.15, 0.2) is 0 Å². The van der Waals surface area contributed by atoms with E-state index in [1.54, 1.807) is 0 Å². The normalized spacial score (nSPS) is 17.2. The third kappa shape index (κ3) is 3.47. The zero-order valence-corrected chi connectivity index (χ0v) is 11.0. The molecule has 1 unspecified atom stereocenters. The number of hydrogen-bond acceptors (Lipinski definition) is 2. The van der Waals surface area contributed by atoms with Crippen molar-refractivity contribution in [2.45, 2.75) is 31.7 Å². The monoisotopic (exact) mass is 267 g/mol. The van der Waals surface area contributed by atoms with E-state index in [9.17, 15) is 4.79 Å². The maximum absolute atomic E-state index is 10.6. The molecule has 0 aliphatic heterocycles. The average molecular weight is 268 g/mol. The van der Waals surface area contributed by atoms with E-state index in [1.165, 1.54) is 24.8 Å². The Morgan fingerprint density at radius 3 is 2.56 bits per heavy atom. The van der Waals surface area contributed by atoms with E-state index in [4.69, 9.17) is 16.7 Å². The number of hydrogen-bond donors (Lipinski definition) is 2. The average Bonchev–Trinajstić information content (AvgIpc) is 2.26. The molecule has 1 saturated carbocycles. The van der Waals surface area contributed by atoms with Crippen LogP contribution in [0.4, 0.5) is 0 Å². The Labute approximate surface area is 112 Å². The third-order valence-corrected chi connectivity index (χ3v) is 3.81. The third-order valence-electron chi connectivity index (χ3n) is 3.55. The molecule has 0 amide bonds. The summed E-state index contributed by atoms with van der Waals surface area (Å²) in [5, 5.41) is 12.8. The molecule has 2 rings (SSSR count).